The fourth-order valence-corrected chi connectivity index (χ4v) is 3.48. The van der Waals surface area contributed by atoms with Gasteiger partial charge in [0.2, 0.25) is 5.91 Å². The maximum atomic E-state index is 12.3. The lowest BCUT2D eigenvalue weighted by Crippen LogP contribution is -2.49. The largest absolute Gasteiger partial charge is 0.493 e. The summed E-state index contributed by atoms with van der Waals surface area (Å²) in [7, 11) is 3.15. The SMILES string of the molecule is COc1ccc(CNC(=O)CN2CCN(c3ccccc3[N+](=O)[O-])CC2)cc1OC. The van der Waals surface area contributed by atoms with Crippen LogP contribution in [0.5, 0.6) is 11.5 Å². The number of piperazine rings is 1. The third-order valence-corrected chi connectivity index (χ3v) is 5.10. The molecule has 0 unspecified atom stereocenters. The van der Waals surface area contributed by atoms with E-state index in [1.807, 2.05) is 23.1 Å². The number of anilines is 1. The second kappa shape index (κ2) is 9.93. The van der Waals surface area contributed by atoms with Crippen molar-refractivity contribution in [3.05, 3.63) is 58.1 Å². The Bertz CT molecular complexity index is 897. The lowest BCUT2D eigenvalue weighted by Gasteiger charge is -2.35. The first-order valence-corrected chi connectivity index (χ1v) is 9.70. The standard InChI is InChI=1S/C21H26N4O5/c1-29-19-8-7-16(13-20(19)30-2)14-22-21(26)15-23-9-11-24(12-10-23)17-5-3-4-6-18(17)25(27)28/h3-8,13H,9-12,14-15H2,1-2H3,(H,22,26). The number of ether oxygens (including phenoxy) is 2. The van der Waals surface area contributed by atoms with E-state index in [-0.39, 0.29) is 23.1 Å². The number of nitrogens with zero attached hydrogens (tertiary/aromatic N) is 3. The fourth-order valence-electron chi connectivity index (χ4n) is 3.48. The molecule has 1 fully saturated rings. The zero-order valence-electron chi connectivity index (χ0n) is 17.2. The van der Waals surface area contributed by atoms with E-state index in [1.54, 1.807) is 32.4 Å². The molecule has 9 nitrogen and oxygen atoms in total. The number of amides is 1. The number of carbonyl (C=O) groups excluding carboxylic acids is 1. The van der Waals surface area contributed by atoms with E-state index in [2.05, 4.69) is 10.2 Å². The Hall–Kier alpha value is -3.33. The van der Waals surface area contributed by atoms with E-state index in [1.165, 1.54) is 6.07 Å². The maximum Gasteiger partial charge on any atom is 0.292 e. The monoisotopic (exact) mass is 414 g/mol. The Morgan fingerprint density at radius 2 is 1.77 bits per heavy atom. The normalized spacial score (nSPS) is 14.3. The molecule has 30 heavy (non-hydrogen) atoms. The van der Waals surface area contributed by atoms with Crippen molar-refractivity contribution in [2.75, 3.05) is 51.8 Å². The number of nitro benzene ring substituents is 1. The van der Waals surface area contributed by atoms with Gasteiger partial charge in [-0.25, -0.2) is 0 Å². The molecule has 3 rings (SSSR count). The van der Waals surface area contributed by atoms with Gasteiger partial charge in [0.15, 0.2) is 11.5 Å². The molecule has 1 amide bonds. The first-order chi connectivity index (χ1) is 14.5. The van der Waals surface area contributed by atoms with Crippen LogP contribution in [-0.2, 0) is 11.3 Å². The molecule has 0 aromatic heterocycles. The minimum Gasteiger partial charge on any atom is -0.493 e. The molecular formula is C21H26N4O5. The Kier molecular flexibility index (Phi) is 7.08. The molecule has 1 N–H and O–H groups in total. The summed E-state index contributed by atoms with van der Waals surface area (Å²) in [5.74, 6) is 1.20. The molecule has 2 aromatic rings. The molecule has 0 saturated carbocycles. The second-order valence-corrected chi connectivity index (χ2v) is 6.98. The van der Waals surface area contributed by atoms with Gasteiger partial charge in [-0.15, -0.1) is 0 Å². The first-order valence-electron chi connectivity index (χ1n) is 9.70. The van der Waals surface area contributed by atoms with Gasteiger partial charge >= 0.3 is 0 Å². The Morgan fingerprint density at radius 3 is 2.43 bits per heavy atom. The van der Waals surface area contributed by atoms with Gasteiger partial charge in [-0.05, 0) is 23.8 Å². The molecule has 1 saturated heterocycles. The van der Waals surface area contributed by atoms with Crippen LogP contribution in [0.1, 0.15) is 5.56 Å². The van der Waals surface area contributed by atoms with Gasteiger partial charge in [0, 0.05) is 38.8 Å². The van der Waals surface area contributed by atoms with Gasteiger partial charge in [0.1, 0.15) is 5.69 Å². The van der Waals surface area contributed by atoms with Crippen molar-refractivity contribution in [1.29, 1.82) is 0 Å². The Morgan fingerprint density at radius 1 is 1.07 bits per heavy atom. The van der Waals surface area contributed by atoms with Crippen LogP contribution in [0, 0.1) is 10.1 Å². The van der Waals surface area contributed by atoms with Crippen molar-refractivity contribution in [1.82, 2.24) is 10.2 Å². The van der Waals surface area contributed by atoms with Gasteiger partial charge in [0.25, 0.3) is 5.69 Å². The number of benzene rings is 2. The highest BCUT2D eigenvalue weighted by atomic mass is 16.6. The molecule has 2 aromatic carbocycles. The highest BCUT2D eigenvalue weighted by Gasteiger charge is 2.24. The predicted octanol–water partition coefficient (Wildman–Crippen LogP) is 2.05. The average Bonchev–Trinajstić information content (AvgIpc) is 2.78. The second-order valence-electron chi connectivity index (χ2n) is 6.98. The van der Waals surface area contributed by atoms with Crippen LogP contribution >= 0.6 is 0 Å². The molecule has 0 atom stereocenters. The van der Waals surface area contributed by atoms with Crippen LogP contribution in [-0.4, -0.2) is 62.7 Å². The van der Waals surface area contributed by atoms with Crippen molar-refractivity contribution in [3.63, 3.8) is 0 Å². The van der Waals surface area contributed by atoms with E-state index in [4.69, 9.17) is 9.47 Å². The number of nitro groups is 1. The number of methoxy groups -OCH3 is 2. The molecule has 0 bridgehead atoms. The summed E-state index contributed by atoms with van der Waals surface area (Å²) in [6.45, 7) is 3.28. The zero-order valence-corrected chi connectivity index (χ0v) is 17.2. The maximum absolute atomic E-state index is 12.3. The smallest absolute Gasteiger partial charge is 0.292 e. The molecule has 1 aliphatic rings. The van der Waals surface area contributed by atoms with E-state index in [0.717, 1.165) is 5.56 Å². The van der Waals surface area contributed by atoms with E-state index >= 15 is 0 Å². The Labute approximate surface area is 175 Å². The first kappa shape index (κ1) is 21.4. The zero-order chi connectivity index (χ0) is 21.5. The molecule has 1 heterocycles. The van der Waals surface area contributed by atoms with Crippen LogP contribution in [0.15, 0.2) is 42.5 Å². The van der Waals surface area contributed by atoms with Gasteiger partial charge in [-0.1, -0.05) is 18.2 Å². The van der Waals surface area contributed by atoms with Gasteiger partial charge in [-0.2, -0.15) is 0 Å². The topological polar surface area (TPSA) is 97.2 Å². The van der Waals surface area contributed by atoms with E-state index in [0.29, 0.717) is 49.9 Å². The summed E-state index contributed by atoms with van der Waals surface area (Å²) in [4.78, 5) is 27.3. The molecule has 160 valence electrons. The van der Waals surface area contributed by atoms with Crippen molar-refractivity contribution < 1.29 is 19.2 Å². The number of carbonyl (C=O) groups is 1. The minimum absolute atomic E-state index is 0.0658. The summed E-state index contributed by atoms with van der Waals surface area (Å²) in [6.07, 6.45) is 0. The number of nitrogens with one attached hydrogen (secondary N) is 1. The van der Waals surface area contributed by atoms with Crippen molar-refractivity contribution in [3.8, 4) is 11.5 Å². The molecule has 1 aliphatic heterocycles. The highest BCUT2D eigenvalue weighted by Crippen LogP contribution is 2.28. The van der Waals surface area contributed by atoms with Crippen LogP contribution < -0.4 is 19.7 Å². The van der Waals surface area contributed by atoms with Crippen LogP contribution in [0.4, 0.5) is 11.4 Å². The van der Waals surface area contributed by atoms with E-state index in [9.17, 15) is 14.9 Å². The van der Waals surface area contributed by atoms with Crippen molar-refractivity contribution in [2.24, 2.45) is 0 Å². The predicted molar refractivity (Wildman–Crippen MR) is 113 cm³/mol. The molecule has 0 radical (unpaired) electrons. The number of rotatable bonds is 8. The summed E-state index contributed by atoms with van der Waals surface area (Å²) in [5.41, 5.74) is 1.65. The third kappa shape index (κ3) is 5.18. The highest BCUT2D eigenvalue weighted by molar-refractivity contribution is 5.78. The summed E-state index contributed by atoms with van der Waals surface area (Å²) < 4.78 is 10.5. The number of para-hydroxylation sites is 2. The molecular weight excluding hydrogens is 388 g/mol. The third-order valence-electron chi connectivity index (χ3n) is 5.10. The quantitative estimate of drug-likeness (QED) is 0.522. The lowest BCUT2D eigenvalue weighted by atomic mass is 10.2. The van der Waals surface area contributed by atoms with E-state index < -0.39 is 0 Å². The van der Waals surface area contributed by atoms with Gasteiger partial charge in [0.05, 0.1) is 25.7 Å². The van der Waals surface area contributed by atoms with Crippen molar-refractivity contribution in [2.45, 2.75) is 6.54 Å². The summed E-state index contributed by atoms with van der Waals surface area (Å²) in [6, 6.07) is 12.3. The van der Waals surface area contributed by atoms with Crippen molar-refractivity contribution >= 4 is 17.3 Å². The van der Waals surface area contributed by atoms with Gasteiger partial charge < -0.3 is 19.7 Å². The fraction of sp³-hybridized carbons (Fsp3) is 0.381. The molecule has 0 aliphatic carbocycles. The number of hydrogen-bond donors (Lipinski definition) is 1. The minimum atomic E-state index is -0.358. The van der Waals surface area contributed by atoms with Gasteiger partial charge in [-0.3, -0.25) is 19.8 Å². The van der Waals surface area contributed by atoms with Crippen LogP contribution in [0.25, 0.3) is 0 Å². The number of hydrogen-bond acceptors (Lipinski definition) is 7. The Balaban J connectivity index is 1.48. The van der Waals surface area contributed by atoms with Crippen LogP contribution in [0.3, 0.4) is 0 Å². The summed E-state index contributed by atoms with van der Waals surface area (Å²) >= 11 is 0. The molecule has 9 heteroatoms. The summed E-state index contributed by atoms with van der Waals surface area (Å²) in [5, 5.41) is 14.2. The molecule has 0 spiro atoms. The lowest BCUT2D eigenvalue weighted by molar-refractivity contribution is -0.384. The average molecular weight is 414 g/mol. The van der Waals surface area contributed by atoms with Crippen LogP contribution in [0.2, 0.25) is 0 Å².